The molecule has 3 aromatic heterocycles. The molecule has 5 heterocycles. The van der Waals surface area contributed by atoms with Gasteiger partial charge in [-0.05, 0) is 55.2 Å². The predicted octanol–water partition coefficient (Wildman–Crippen LogP) is 5.07. The number of fused-ring (bicyclic) bond motifs is 4. The third kappa shape index (κ3) is 8.51. The third-order valence-corrected chi connectivity index (χ3v) is 7.10. The molecule has 1 fully saturated rings. The molecule has 0 aromatic carbocycles. The van der Waals surface area contributed by atoms with Gasteiger partial charge < -0.3 is 24.6 Å². The van der Waals surface area contributed by atoms with Crippen LogP contribution in [-0.4, -0.2) is 79.5 Å². The van der Waals surface area contributed by atoms with Crippen molar-refractivity contribution in [3.63, 3.8) is 0 Å². The first kappa shape index (κ1) is 34.9. The van der Waals surface area contributed by atoms with E-state index in [2.05, 4.69) is 52.7 Å². The molecule has 45 heavy (non-hydrogen) atoms. The van der Waals surface area contributed by atoms with Crippen LogP contribution in [0.4, 0.5) is 32.0 Å². The van der Waals surface area contributed by atoms with Gasteiger partial charge in [0.2, 0.25) is 5.91 Å². The molecule has 16 heteroatoms. The van der Waals surface area contributed by atoms with Crippen LogP contribution in [0, 0.1) is 5.92 Å². The summed E-state index contributed by atoms with van der Waals surface area (Å²) in [6, 6.07) is 14.2. The Morgan fingerprint density at radius 3 is 2.09 bits per heavy atom. The van der Waals surface area contributed by atoms with Crippen molar-refractivity contribution in [3.05, 3.63) is 72.4 Å². The van der Waals surface area contributed by atoms with Crippen LogP contribution in [-0.2, 0) is 26.3 Å². The number of anilines is 1. The summed E-state index contributed by atoms with van der Waals surface area (Å²) in [4.78, 5) is 44.6. The molecular formula is C29H31F6N5O5. The van der Waals surface area contributed by atoms with Gasteiger partial charge >= 0.3 is 24.3 Å². The molecule has 1 amide bonds. The van der Waals surface area contributed by atoms with E-state index < -0.39 is 24.3 Å². The summed E-state index contributed by atoms with van der Waals surface area (Å²) < 4.78 is 65.7. The average Bonchev–Trinajstić information content (AvgIpc) is 3.63. The van der Waals surface area contributed by atoms with Gasteiger partial charge in [0.15, 0.2) is 5.82 Å². The lowest BCUT2D eigenvalue weighted by atomic mass is 9.88. The highest BCUT2D eigenvalue weighted by atomic mass is 19.4. The first-order valence-corrected chi connectivity index (χ1v) is 13.7. The average molecular weight is 644 g/mol. The highest BCUT2D eigenvalue weighted by Crippen LogP contribution is 2.47. The fourth-order valence-corrected chi connectivity index (χ4v) is 5.03. The van der Waals surface area contributed by atoms with Crippen molar-refractivity contribution in [2.45, 2.75) is 51.0 Å². The summed E-state index contributed by atoms with van der Waals surface area (Å²) in [5.41, 5.74) is 2.99. The highest BCUT2D eigenvalue weighted by molar-refractivity contribution is 5.79. The lowest BCUT2D eigenvalue weighted by molar-refractivity contribution is -0.193. The van der Waals surface area contributed by atoms with Gasteiger partial charge in [-0.1, -0.05) is 19.9 Å². The summed E-state index contributed by atoms with van der Waals surface area (Å²) in [5, 5.41) is 14.2. The standard InChI is InChI=1S/C25H29N5O.2C2HF3O2/c1-19(2)10-15-30-21-8-5-13-27-24(21)29-14-6-9-22(29)25(30)11-16-28(18-25)23(31)17-20-7-3-4-12-26-20;2*3-2(4,5)1(6)7/h3-9,12-14,19H,10-11,15-18H2,1-2H3;2*(H,6,7). The summed E-state index contributed by atoms with van der Waals surface area (Å²) in [6.07, 6.45) is -2.10. The van der Waals surface area contributed by atoms with Crippen LogP contribution in [0.3, 0.4) is 0 Å². The second-order valence-corrected chi connectivity index (χ2v) is 10.6. The molecule has 0 saturated carbocycles. The summed E-state index contributed by atoms with van der Waals surface area (Å²) in [6.45, 7) is 6.92. The van der Waals surface area contributed by atoms with Gasteiger partial charge in [-0.15, -0.1) is 0 Å². The minimum Gasteiger partial charge on any atom is -0.475 e. The lowest BCUT2D eigenvalue weighted by Crippen LogP contribution is -2.53. The molecule has 10 nitrogen and oxygen atoms in total. The number of likely N-dealkylation sites (tertiary alicyclic amines) is 1. The van der Waals surface area contributed by atoms with Crippen LogP contribution < -0.4 is 4.90 Å². The van der Waals surface area contributed by atoms with Crippen LogP contribution in [0.25, 0.3) is 5.82 Å². The first-order chi connectivity index (χ1) is 21.0. The van der Waals surface area contributed by atoms with Crippen molar-refractivity contribution in [2.75, 3.05) is 24.5 Å². The number of hydrogen-bond acceptors (Lipinski definition) is 6. The van der Waals surface area contributed by atoms with Crippen LogP contribution in [0.5, 0.6) is 0 Å². The number of aromatic nitrogens is 3. The highest BCUT2D eigenvalue weighted by Gasteiger charge is 2.50. The number of halogens is 6. The second-order valence-electron chi connectivity index (χ2n) is 10.6. The maximum absolute atomic E-state index is 13.2. The number of pyridine rings is 2. The number of carboxylic acids is 2. The molecule has 0 bridgehead atoms. The smallest absolute Gasteiger partial charge is 0.475 e. The topological polar surface area (TPSA) is 129 Å². The zero-order valence-corrected chi connectivity index (χ0v) is 24.2. The van der Waals surface area contributed by atoms with E-state index in [0.717, 1.165) is 43.1 Å². The summed E-state index contributed by atoms with van der Waals surface area (Å²) in [7, 11) is 0. The van der Waals surface area contributed by atoms with Gasteiger partial charge in [0, 0.05) is 43.9 Å². The van der Waals surface area contributed by atoms with E-state index in [9.17, 15) is 31.1 Å². The monoisotopic (exact) mass is 643 g/mol. The largest absolute Gasteiger partial charge is 0.490 e. The Morgan fingerprint density at radius 2 is 1.53 bits per heavy atom. The molecule has 1 spiro atoms. The Hall–Kier alpha value is -4.63. The Bertz CT molecular complexity index is 1450. The van der Waals surface area contributed by atoms with Gasteiger partial charge in [-0.25, -0.2) is 14.6 Å². The maximum atomic E-state index is 13.2. The molecular weight excluding hydrogens is 612 g/mol. The van der Waals surface area contributed by atoms with Crippen molar-refractivity contribution >= 4 is 23.5 Å². The number of hydrogen-bond donors (Lipinski definition) is 2. The summed E-state index contributed by atoms with van der Waals surface area (Å²) in [5.74, 6) is -3.78. The number of rotatable bonds is 5. The van der Waals surface area contributed by atoms with Crippen molar-refractivity contribution in [1.29, 1.82) is 0 Å². The number of nitrogens with zero attached hydrogens (tertiary/aromatic N) is 5. The molecule has 3 aromatic rings. The number of carbonyl (C=O) groups is 3. The van der Waals surface area contributed by atoms with Crippen molar-refractivity contribution < 1.29 is 50.9 Å². The molecule has 1 unspecified atom stereocenters. The van der Waals surface area contributed by atoms with Crippen molar-refractivity contribution in [2.24, 2.45) is 5.92 Å². The molecule has 0 radical (unpaired) electrons. The molecule has 2 aliphatic heterocycles. The predicted molar refractivity (Wildman–Crippen MR) is 149 cm³/mol. The minimum absolute atomic E-state index is 0.148. The van der Waals surface area contributed by atoms with Gasteiger partial charge in [-0.2, -0.15) is 26.3 Å². The number of carbonyl (C=O) groups excluding carboxylic acids is 1. The van der Waals surface area contributed by atoms with Gasteiger partial charge in [0.25, 0.3) is 0 Å². The van der Waals surface area contributed by atoms with Crippen LogP contribution >= 0.6 is 0 Å². The number of alkyl halides is 6. The Labute approximate surface area is 253 Å². The van der Waals surface area contributed by atoms with E-state index in [1.165, 1.54) is 5.69 Å². The second kappa shape index (κ2) is 14.0. The van der Waals surface area contributed by atoms with Gasteiger partial charge in [0.1, 0.15) is 5.54 Å². The Morgan fingerprint density at radius 1 is 0.911 bits per heavy atom. The fourth-order valence-electron chi connectivity index (χ4n) is 5.03. The van der Waals surface area contributed by atoms with E-state index in [0.29, 0.717) is 18.9 Å². The molecule has 2 N–H and O–H groups in total. The van der Waals surface area contributed by atoms with Crippen LogP contribution in [0.1, 0.15) is 38.1 Å². The molecule has 5 rings (SSSR count). The zero-order valence-electron chi connectivity index (χ0n) is 24.2. The van der Waals surface area contributed by atoms with Gasteiger partial charge in [-0.3, -0.25) is 9.78 Å². The first-order valence-electron chi connectivity index (χ1n) is 13.7. The van der Waals surface area contributed by atoms with E-state index in [1.807, 2.05) is 35.4 Å². The van der Waals surface area contributed by atoms with Crippen molar-refractivity contribution in [3.8, 4) is 5.82 Å². The van der Waals surface area contributed by atoms with Gasteiger partial charge in [0.05, 0.1) is 17.8 Å². The van der Waals surface area contributed by atoms with E-state index >= 15 is 0 Å². The van der Waals surface area contributed by atoms with E-state index in [-0.39, 0.29) is 11.4 Å². The number of carboxylic acid groups (broad SMARTS) is 2. The zero-order chi connectivity index (χ0) is 33.6. The number of aliphatic carboxylic acids is 2. The number of amides is 1. The Kier molecular flexibility index (Phi) is 10.8. The SMILES string of the molecule is CC(C)CCN1c2cccnc2-n2cccc2C12CCN(C(=O)Cc1ccccn1)C2.O=C(O)C(F)(F)F.O=C(O)C(F)(F)F. The van der Waals surface area contributed by atoms with E-state index in [4.69, 9.17) is 24.8 Å². The van der Waals surface area contributed by atoms with Crippen LogP contribution in [0.2, 0.25) is 0 Å². The van der Waals surface area contributed by atoms with Crippen LogP contribution in [0.15, 0.2) is 61.1 Å². The normalized spacial score (nSPS) is 17.1. The third-order valence-electron chi connectivity index (χ3n) is 7.10. The molecule has 2 aliphatic rings. The van der Waals surface area contributed by atoms with E-state index in [1.54, 1.807) is 6.20 Å². The van der Waals surface area contributed by atoms with Crippen molar-refractivity contribution in [1.82, 2.24) is 19.4 Å². The summed E-state index contributed by atoms with van der Waals surface area (Å²) >= 11 is 0. The minimum atomic E-state index is -5.08. The quantitative estimate of drug-likeness (QED) is 0.369. The maximum Gasteiger partial charge on any atom is 0.490 e. The molecule has 244 valence electrons. The Balaban J connectivity index is 0.000000331. The molecule has 1 atom stereocenters. The molecule has 1 saturated heterocycles. The fraction of sp³-hybridized carbons (Fsp3) is 0.414. The molecule has 0 aliphatic carbocycles. The lowest BCUT2D eigenvalue weighted by Gasteiger charge is -2.47.